The summed E-state index contributed by atoms with van der Waals surface area (Å²) in [7, 11) is 0. The fourth-order valence-electron chi connectivity index (χ4n) is 9.01. The van der Waals surface area contributed by atoms with Gasteiger partial charge in [-0.15, -0.1) is 0 Å². The van der Waals surface area contributed by atoms with Gasteiger partial charge < -0.3 is 4.42 Å². The molecule has 0 aliphatic carbocycles. The van der Waals surface area contributed by atoms with Crippen molar-refractivity contribution in [3.8, 4) is 72.8 Å². The van der Waals surface area contributed by atoms with Gasteiger partial charge in [0.2, 0.25) is 0 Å². The highest BCUT2D eigenvalue weighted by Gasteiger charge is 2.21. The summed E-state index contributed by atoms with van der Waals surface area (Å²) in [6.45, 7) is 0. The molecule has 0 fully saturated rings. The van der Waals surface area contributed by atoms with Crippen molar-refractivity contribution in [1.82, 2.24) is 14.5 Å². The number of nitrogens with zero attached hydrogens (tertiary/aromatic N) is 3. The number of fused-ring (bicyclic) bond motifs is 6. The van der Waals surface area contributed by atoms with Crippen LogP contribution in [0.1, 0.15) is 0 Å². The summed E-state index contributed by atoms with van der Waals surface area (Å²) in [4.78, 5) is 10.9. The Balaban J connectivity index is 0.990. The lowest BCUT2D eigenvalue weighted by molar-refractivity contribution is 0.670. The van der Waals surface area contributed by atoms with Crippen molar-refractivity contribution in [2.24, 2.45) is 0 Å². The molecule has 12 aromatic rings. The van der Waals surface area contributed by atoms with Crippen LogP contribution in [0.5, 0.6) is 0 Å². The largest absolute Gasteiger partial charge is 0.455 e. The Hall–Kier alpha value is -8.34. The minimum absolute atomic E-state index is 0.665. The summed E-state index contributed by atoms with van der Waals surface area (Å²) < 4.78 is 8.71. The number of aromatic nitrogens is 3. The summed E-state index contributed by atoms with van der Waals surface area (Å²) in [5.41, 5.74) is 16.8. The molecule has 0 N–H and O–H groups in total. The molecule has 0 saturated carbocycles. The van der Waals surface area contributed by atoms with E-state index >= 15 is 0 Å². The molecule has 3 aromatic heterocycles. The third-order valence-electron chi connectivity index (χ3n) is 12.0. The Kier molecular flexibility index (Phi) is 8.46. The predicted molar refractivity (Wildman–Crippen MR) is 256 cm³/mol. The molecule has 4 nitrogen and oxygen atoms in total. The van der Waals surface area contributed by atoms with E-state index in [9.17, 15) is 0 Å². The molecule has 0 bridgehead atoms. The van der Waals surface area contributed by atoms with Crippen LogP contribution in [0.2, 0.25) is 0 Å². The van der Waals surface area contributed by atoms with E-state index in [2.05, 4.69) is 217 Å². The maximum atomic E-state index is 6.43. The minimum atomic E-state index is 0.665. The van der Waals surface area contributed by atoms with Gasteiger partial charge in [-0.3, -0.25) is 4.57 Å². The van der Waals surface area contributed by atoms with Gasteiger partial charge in [0.1, 0.15) is 16.8 Å². The quantitative estimate of drug-likeness (QED) is 0.161. The smallest absolute Gasteiger partial charge is 0.162 e. The maximum Gasteiger partial charge on any atom is 0.162 e. The van der Waals surface area contributed by atoms with Gasteiger partial charge in [0.05, 0.1) is 16.6 Å². The second-order valence-electron chi connectivity index (χ2n) is 15.7. The fraction of sp³-hybridized carbons (Fsp3) is 0. The SMILES string of the molecule is c1ccc(-c2ccc(-c3cccc(-c4cccc(-c5nc(-c6ccc(-c7cccc8c7oc7ccccc78)cc6)c6c7ccccc7n(-c7ccccc7)c6n5)c4)c3)cc2)cc1. The first-order chi connectivity index (χ1) is 30.7. The molecule has 0 aliphatic heterocycles. The Labute approximate surface area is 358 Å². The molecule has 62 heavy (non-hydrogen) atoms. The number of furan rings is 1. The second kappa shape index (κ2) is 14.7. The van der Waals surface area contributed by atoms with E-state index in [1.807, 2.05) is 12.1 Å². The van der Waals surface area contributed by atoms with Gasteiger partial charge in [0.15, 0.2) is 5.82 Å². The normalized spacial score (nSPS) is 11.5. The molecule has 0 aliphatic rings. The van der Waals surface area contributed by atoms with Crippen molar-refractivity contribution in [2.75, 3.05) is 0 Å². The van der Waals surface area contributed by atoms with Crippen molar-refractivity contribution in [3.05, 3.63) is 224 Å². The van der Waals surface area contributed by atoms with E-state index in [1.54, 1.807) is 0 Å². The van der Waals surface area contributed by atoms with E-state index in [0.29, 0.717) is 5.82 Å². The molecule has 0 radical (unpaired) electrons. The van der Waals surface area contributed by atoms with Crippen molar-refractivity contribution in [1.29, 1.82) is 0 Å². The number of hydrogen-bond donors (Lipinski definition) is 0. The van der Waals surface area contributed by atoms with Gasteiger partial charge in [-0.25, -0.2) is 9.97 Å². The lowest BCUT2D eigenvalue weighted by atomic mass is 9.96. The van der Waals surface area contributed by atoms with Crippen molar-refractivity contribution in [2.45, 2.75) is 0 Å². The third kappa shape index (κ3) is 6.08. The van der Waals surface area contributed by atoms with Crippen LogP contribution >= 0.6 is 0 Å². The van der Waals surface area contributed by atoms with E-state index in [-0.39, 0.29) is 0 Å². The van der Waals surface area contributed by atoms with Crippen molar-refractivity contribution < 1.29 is 4.42 Å². The number of rotatable bonds is 7. The highest BCUT2D eigenvalue weighted by atomic mass is 16.3. The molecule has 0 spiro atoms. The van der Waals surface area contributed by atoms with E-state index in [0.717, 1.165) is 88.6 Å². The van der Waals surface area contributed by atoms with Crippen LogP contribution in [0.25, 0.3) is 117 Å². The number of hydrogen-bond acceptors (Lipinski definition) is 3. The Morgan fingerprint density at radius 1 is 0.355 bits per heavy atom. The van der Waals surface area contributed by atoms with E-state index < -0.39 is 0 Å². The Morgan fingerprint density at radius 2 is 0.871 bits per heavy atom. The van der Waals surface area contributed by atoms with Crippen LogP contribution in [-0.2, 0) is 0 Å². The number of para-hydroxylation sites is 4. The molecular weight excluding hydrogens is 755 g/mol. The van der Waals surface area contributed by atoms with Crippen LogP contribution < -0.4 is 0 Å². The highest BCUT2D eigenvalue weighted by molar-refractivity contribution is 6.14. The minimum Gasteiger partial charge on any atom is -0.455 e. The molecular formula is C58H37N3O. The van der Waals surface area contributed by atoms with Gasteiger partial charge in [0.25, 0.3) is 0 Å². The van der Waals surface area contributed by atoms with Gasteiger partial charge in [-0.1, -0.05) is 188 Å². The van der Waals surface area contributed by atoms with Crippen LogP contribution in [0, 0.1) is 0 Å². The average Bonchev–Trinajstić information content (AvgIpc) is 3.91. The molecule has 0 atom stereocenters. The lowest BCUT2D eigenvalue weighted by Gasteiger charge is -2.12. The Bertz CT molecular complexity index is 3600. The highest BCUT2D eigenvalue weighted by Crippen LogP contribution is 2.41. The average molecular weight is 792 g/mol. The van der Waals surface area contributed by atoms with Gasteiger partial charge >= 0.3 is 0 Å². The molecule has 12 rings (SSSR count). The number of benzene rings is 9. The van der Waals surface area contributed by atoms with Crippen molar-refractivity contribution in [3.63, 3.8) is 0 Å². The third-order valence-corrected chi connectivity index (χ3v) is 12.0. The van der Waals surface area contributed by atoms with Gasteiger partial charge in [-0.2, -0.15) is 0 Å². The van der Waals surface area contributed by atoms with Crippen molar-refractivity contribution >= 4 is 43.9 Å². The first kappa shape index (κ1) is 35.6. The molecule has 290 valence electrons. The Morgan fingerprint density at radius 3 is 1.63 bits per heavy atom. The molecule has 4 heteroatoms. The maximum absolute atomic E-state index is 6.43. The van der Waals surface area contributed by atoms with Gasteiger partial charge in [-0.05, 0) is 75.3 Å². The first-order valence-corrected chi connectivity index (χ1v) is 21.0. The molecule has 0 saturated heterocycles. The predicted octanol–water partition coefficient (Wildman–Crippen LogP) is 15.5. The fourth-order valence-corrected chi connectivity index (χ4v) is 9.01. The first-order valence-electron chi connectivity index (χ1n) is 21.0. The lowest BCUT2D eigenvalue weighted by Crippen LogP contribution is -1.99. The summed E-state index contributed by atoms with van der Waals surface area (Å²) >= 11 is 0. The molecule has 0 unspecified atom stereocenters. The van der Waals surface area contributed by atoms with Crippen LogP contribution in [0.3, 0.4) is 0 Å². The molecule has 0 amide bonds. The van der Waals surface area contributed by atoms with E-state index in [1.165, 1.54) is 22.3 Å². The standard InChI is InChI=1S/C58H37N3O/c1-3-14-38(15-4-1)39-28-30-40(31-29-39)43-16-11-17-44(36-43)45-18-12-19-46(37-45)57-59-55(54-51-23-7-9-26-52(51)61(58(54)60-57)47-20-5-2-6-21-47)42-34-32-41(33-35-42)48-24-13-25-50-49-22-8-10-27-53(49)62-56(48)50/h1-37H. The summed E-state index contributed by atoms with van der Waals surface area (Å²) in [5, 5.41) is 4.36. The van der Waals surface area contributed by atoms with Crippen LogP contribution in [0.15, 0.2) is 229 Å². The summed E-state index contributed by atoms with van der Waals surface area (Å²) in [6.07, 6.45) is 0. The van der Waals surface area contributed by atoms with Crippen LogP contribution in [0.4, 0.5) is 0 Å². The molecule has 9 aromatic carbocycles. The zero-order valence-electron chi connectivity index (χ0n) is 33.6. The molecule has 3 heterocycles. The van der Waals surface area contributed by atoms with Gasteiger partial charge in [0, 0.05) is 38.5 Å². The van der Waals surface area contributed by atoms with Crippen LogP contribution in [-0.4, -0.2) is 14.5 Å². The zero-order valence-corrected chi connectivity index (χ0v) is 33.6. The monoisotopic (exact) mass is 791 g/mol. The topological polar surface area (TPSA) is 43.9 Å². The second-order valence-corrected chi connectivity index (χ2v) is 15.7. The summed E-state index contributed by atoms with van der Waals surface area (Å²) in [6, 6.07) is 79.1. The van der Waals surface area contributed by atoms with E-state index in [4.69, 9.17) is 14.4 Å². The summed E-state index contributed by atoms with van der Waals surface area (Å²) in [5.74, 6) is 0.665. The zero-order chi connectivity index (χ0) is 41.0.